The van der Waals surface area contributed by atoms with Gasteiger partial charge in [0.1, 0.15) is 12.6 Å². The average Bonchev–Trinajstić information content (AvgIpc) is 3.16. The minimum atomic E-state index is -1.08. The van der Waals surface area contributed by atoms with Crippen molar-refractivity contribution in [1.29, 1.82) is 0 Å². The molecule has 1 fully saturated rings. The van der Waals surface area contributed by atoms with Gasteiger partial charge in [0.15, 0.2) is 0 Å². The third-order valence-electron chi connectivity index (χ3n) is 6.30. The molecule has 206 valence electrons. The smallest absolute Gasteiger partial charge is 0.407 e. The third-order valence-corrected chi connectivity index (χ3v) is 6.30. The van der Waals surface area contributed by atoms with Crippen molar-refractivity contribution >= 4 is 41.3 Å². The van der Waals surface area contributed by atoms with Crippen LogP contribution in [0.25, 0.3) is 0 Å². The van der Waals surface area contributed by atoms with E-state index in [2.05, 4.69) is 16.0 Å². The molecule has 2 aromatic rings. The quantitative estimate of drug-likeness (QED) is 0.312. The van der Waals surface area contributed by atoms with Crippen LogP contribution in [0.15, 0.2) is 48.5 Å². The van der Waals surface area contributed by atoms with Crippen LogP contribution in [0.1, 0.15) is 72.2 Å². The number of carbonyl (C=O) groups excluding carboxylic acids is 6. The van der Waals surface area contributed by atoms with Gasteiger partial charge in [0, 0.05) is 19.4 Å². The Labute approximate surface area is 226 Å². The molecule has 0 radical (unpaired) electrons. The van der Waals surface area contributed by atoms with Gasteiger partial charge in [0.2, 0.25) is 17.7 Å². The highest BCUT2D eigenvalue weighted by Crippen LogP contribution is 2.32. The Balaban J connectivity index is 0.00000420. The molecule has 2 aromatic carbocycles. The van der Waals surface area contributed by atoms with Gasteiger partial charge in [0.25, 0.3) is 11.8 Å². The van der Waals surface area contributed by atoms with E-state index in [9.17, 15) is 28.8 Å². The standard InChI is InChI=1S/C27H28N4O7.CH4/c32-21(12-5-2-6-15-28-27(37)38-16-17-8-3-1-4-9-17)29-19-11-7-10-18-23(19)26(36)31(25(18)35)20-13-14-22(33)30-24(20)34;/h1,3-4,7-11,20H,2,5-6,12-16H2,(H,28,37)(H,29,32)(H,30,33,34);1H4. The maximum absolute atomic E-state index is 13.1. The number of amides is 6. The van der Waals surface area contributed by atoms with Crippen LogP contribution in [0.3, 0.4) is 0 Å². The minimum absolute atomic E-state index is 0. The monoisotopic (exact) mass is 536 g/mol. The van der Waals surface area contributed by atoms with E-state index in [1.54, 1.807) is 6.07 Å². The normalized spacial score (nSPS) is 16.2. The zero-order valence-corrected chi connectivity index (χ0v) is 20.7. The van der Waals surface area contributed by atoms with Crippen molar-refractivity contribution in [3.8, 4) is 0 Å². The van der Waals surface area contributed by atoms with Crippen LogP contribution in [-0.2, 0) is 25.7 Å². The molecule has 1 atom stereocenters. The third kappa shape index (κ3) is 7.07. The van der Waals surface area contributed by atoms with Crippen molar-refractivity contribution in [2.24, 2.45) is 0 Å². The summed E-state index contributed by atoms with van der Waals surface area (Å²) in [5.74, 6) is -2.78. The average molecular weight is 537 g/mol. The summed E-state index contributed by atoms with van der Waals surface area (Å²) in [6, 6.07) is 12.8. The SMILES string of the molecule is C.O=C1CCC(N2C(=O)c3cccc(NC(=O)CCCCCNC(=O)OCc4ccccc4)c3C2=O)C(=O)N1. The fourth-order valence-corrected chi connectivity index (χ4v) is 4.38. The maximum atomic E-state index is 13.1. The van der Waals surface area contributed by atoms with Crippen LogP contribution in [0.5, 0.6) is 0 Å². The Morgan fingerprint density at radius 2 is 1.72 bits per heavy atom. The number of nitrogens with zero attached hydrogens (tertiary/aromatic N) is 1. The van der Waals surface area contributed by atoms with Gasteiger partial charge < -0.3 is 15.4 Å². The van der Waals surface area contributed by atoms with Crippen molar-refractivity contribution in [2.75, 3.05) is 11.9 Å². The number of imide groups is 2. The van der Waals surface area contributed by atoms with E-state index in [1.165, 1.54) is 12.1 Å². The Kier molecular flexibility index (Phi) is 9.91. The highest BCUT2D eigenvalue weighted by Gasteiger charge is 2.45. The summed E-state index contributed by atoms with van der Waals surface area (Å²) in [5, 5.41) is 7.52. The lowest BCUT2D eigenvalue weighted by Gasteiger charge is -2.27. The van der Waals surface area contributed by atoms with Crippen molar-refractivity contribution in [1.82, 2.24) is 15.5 Å². The zero-order valence-electron chi connectivity index (χ0n) is 20.7. The Bertz CT molecular complexity index is 1260. The second-order valence-corrected chi connectivity index (χ2v) is 9.02. The van der Waals surface area contributed by atoms with Crippen molar-refractivity contribution in [3.63, 3.8) is 0 Å². The zero-order chi connectivity index (χ0) is 27.1. The van der Waals surface area contributed by atoms with Crippen molar-refractivity contribution in [2.45, 2.75) is 58.6 Å². The summed E-state index contributed by atoms with van der Waals surface area (Å²) in [6.07, 6.45) is 1.64. The van der Waals surface area contributed by atoms with Gasteiger partial charge in [-0.3, -0.25) is 34.2 Å². The summed E-state index contributed by atoms with van der Waals surface area (Å²) in [7, 11) is 0. The van der Waals surface area contributed by atoms with Crippen molar-refractivity contribution < 1.29 is 33.5 Å². The first-order valence-corrected chi connectivity index (χ1v) is 12.4. The van der Waals surface area contributed by atoms with Gasteiger partial charge in [0.05, 0.1) is 16.8 Å². The van der Waals surface area contributed by atoms with Crippen LogP contribution in [0, 0.1) is 0 Å². The summed E-state index contributed by atoms with van der Waals surface area (Å²) in [6.45, 7) is 0.601. The molecule has 6 amide bonds. The molecule has 11 heteroatoms. The highest BCUT2D eigenvalue weighted by atomic mass is 16.5. The summed E-state index contributed by atoms with van der Waals surface area (Å²) in [4.78, 5) is 74.8. The Hall–Kier alpha value is -4.54. The fraction of sp³-hybridized carbons (Fsp3) is 0.357. The summed E-state index contributed by atoms with van der Waals surface area (Å²) in [5.41, 5.74) is 1.23. The molecular formula is C28H32N4O7. The number of benzene rings is 2. The van der Waals surface area contributed by atoms with E-state index >= 15 is 0 Å². The van der Waals surface area contributed by atoms with Crippen LogP contribution >= 0.6 is 0 Å². The Morgan fingerprint density at radius 1 is 0.949 bits per heavy atom. The molecule has 0 saturated carbocycles. The van der Waals surface area contributed by atoms with Gasteiger partial charge in [-0.2, -0.15) is 0 Å². The van der Waals surface area contributed by atoms with Gasteiger partial charge in [-0.05, 0) is 37.0 Å². The molecule has 1 unspecified atom stereocenters. The molecule has 4 rings (SSSR count). The number of alkyl carbamates (subject to hydrolysis) is 1. The number of hydrogen-bond donors (Lipinski definition) is 3. The molecule has 11 nitrogen and oxygen atoms in total. The number of carbonyl (C=O) groups is 6. The fourth-order valence-electron chi connectivity index (χ4n) is 4.38. The van der Waals surface area contributed by atoms with Crippen LogP contribution in [-0.4, -0.2) is 53.1 Å². The number of unbranched alkanes of at least 4 members (excludes halogenated alkanes) is 2. The maximum Gasteiger partial charge on any atom is 0.407 e. The topological polar surface area (TPSA) is 151 Å². The molecule has 0 aliphatic carbocycles. The Morgan fingerprint density at radius 3 is 2.46 bits per heavy atom. The van der Waals surface area contributed by atoms with E-state index < -0.39 is 35.8 Å². The molecule has 3 N–H and O–H groups in total. The summed E-state index contributed by atoms with van der Waals surface area (Å²) >= 11 is 0. The number of nitrogens with one attached hydrogen (secondary N) is 3. The second-order valence-electron chi connectivity index (χ2n) is 9.02. The predicted molar refractivity (Wildman–Crippen MR) is 142 cm³/mol. The summed E-state index contributed by atoms with van der Waals surface area (Å²) < 4.78 is 5.14. The first-order valence-electron chi connectivity index (χ1n) is 12.4. The lowest BCUT2D eigenvalue weighted by molar-refractivity contribution is -0.136. The molecule has 0 aromatic heterocycles. The minimum Gasteiger partial charge on any atom is -0.445 e. The number of fused-ring (bicyclic) bond motifs is 1. The van der Waals surface area contributed by atoms with Crippen molar-refractivity contribution in [3.05, 3.63) is 65.2 Å². The lowest BCUT2D eigenvalue weighted by atomic mass is 10.0. The molecule has 0 spiro atoms. The number of piperidine rings is 1. The lowest BCUT2D eigenvalue weighted by Crippen LogP contribution is -2.54. The number of ether oxygens (including phenoxy) is 1. The molecule has 2 aliphatic heterocycles. The van der Waals surface area contributed by atoms with Crippen LogP contribution in [0.2, 0.25) is 0 Å². The number of hydrogen-bond acceptors (Lipinski definition) is 7. The first-order chi connectivity index (χ1) is 18.3. The van der Waals surface area contributed by atoms with Gasteiger partial charge >= 0.3 is 6.09 Å². The molecule has 0 bridgehead atoms. The molecule has 1 saturated heterocycles. The number of anilines is 1. The molecule has 2 aliphatic rings. The largest absolute Gasteiger partial charge is 0.445 e. The van der Waals surface area contributed by atoms with E-state index in [4.69, 9.17) is 4.74 Å². The predicted octanol–water partition coefficient (Wildman–Crippen LogP) is 3.15. The molecule has 39 heavy (non-hydrogen) atoms. The first kappa shape index (κ1) is 29.0. The van der Waals surface area contributed by atoms with Gasteiger partial charge in [-0.1, -0.05) is 50.2 Å². The van der Waals surface area contributed by atoms with Crippen LogP contribution < -0.4 is 16.0 Å². The number of rotatable bonds is 10. The van der Waals surface area contributed by atoms with E-state index in [0.29, 0.717) is 25.8 Å². The highest BCUT2D eigenvalue weighted by molar-refractivity contribution is 6.26. The molecule has 2 heterocycles. The van der Waals surface area contributed by atoms with Gasteiger partial charge in [-0.25, -0.2) is 4.79 Å². The van der Waals surface area contributed by atoms with E-state index in [-0.39, 0.29) is 56.0 Å². The molecular weight excluding hydrogens is 504 g/mol. The second kappa shape index (κ2) is 13.3. The van der Waals surface area contributed by atoms with E-state index in [1.807, 2.05) is 30.3 Å². The van der Waals surface area contributed by atoms with E-state index in [0.717, 1.165) is 10.5 Å². The van der Waals surface area contributed by atoms with Gasteiger partial charge in [-0.15, -0.1) is 0 Å². The van der Waals surface area contributed by atoms with Crippen LogP contribution in [0.4, 0.5) is 10.5 Å².